The Morgan fingerprint density at radius 1 is 1.25 bits per heavy atom. The fraction of sp³-hybridized carbons (Fsp3) is 0.500. The van der Waals surface area contributed by atoms with Gasteiger partial charge in [0.05, 0.1) is 25.8 Å². The molecule has 0 saturated heterocycles. The number of aliphatic imine (C=N–C) groups is 1. The molecule has 1 aromatic heterocycles. The van der Waals surface area contributed by atoms with Crippen molar-refractivity contribution in [3.8, 4) is 11.6 Å². The molecule has 1 aliphatic carbocycles. The molecule has 1 aliphatic rings. The SMILES string of the molecule is CCNC(=NCc1cccnc1OCCOC)NC(C)c1ccc(OCC2CC2)c(F)c1. The van der Waals surface area contributed by atoms with Crippen LogP contribution in [0.1, 0.15) is 43.9 Å². The van der Waals surface area contributed by atoms with E-state index in [0.29, 0.717) is 56.4 Å². The monoisotopic (exact) mass is 444 g/mol. The zero-order chi connectivity index (χ0) is 22.8. The summed E-state index contributed by atoms with van der Waals surface area (Å²) in [5.41, 5.74) is 1.69. The average Bonchev–Trinajstić information content (AvgIpc) is 3.62. The van der Waals surface area contributed by atoms with Crippen LogP contribution >= 0.6 is 0 Å². The summed E-state index contributed by atoms with van der Waals surface area (Å²) in [6.45, 7) is 6.55. The Morgan fingerprint density at radius 2 is 2.09 bits per heavy atom. The maximum Gasteiger partial charge on any atom is 0.218 e. The summed E-state index contributed by atoms with van der Waals surface area (Å²) in [6.07, 6.45) is 4.04. The number of methoxy groups -OCH3 is 1. The van der Waals surface area contributed by atoms with Crippen molar-refractivity contribution in [3.63, 3.8) is 0 Å². The lowest BCUT2D eigenvalue weighted by Crippen LogP contribution is -2.38. The molecule has 1 heterocycles. The van der Waals surface area contributed by atoms with E-state index in [9.17, 15) is 4.39 Å². The van der Waals surface area contributed by atoms with Gasteiger partial charge in [-0.25, -0.2) is 14.4 Å². The Labute approximate surface area is 189 Å². The third kappa shape index (κ3) is 7.37. The van der Waals surface area contributed by atoms with E-state index in [2.05, 4.69) is 20.6 Å². The van der Waals surface area contributed by atoms with E-state index >= 15 is 0 Å². The molecule has 2 N–H and O–H groups in total. The van der Waals surface area contributed by atoms with E-state index in [0.717, 1.165) is 11.1 Å². The van der Waals surface area contributed by atoms with Gasteiger partial charge in [-0.1, -0.05) is 12.1 Å². The van der Waals surface area contributed by atoms with Crippen LogP contribution in [0.25, 0.3) is 0 Å². The van der Waals surface area contributed by atoms with Crippen LogP contribution in [0.5, 0.6) is 11.6 Å². The molecule has 3 rings (SSSR count). The van der Waals surface area contributed by atoms with Crippen molar-refractivity contribution in [2.24, 2.45) is 10.9 Å². The highest BCUT2D eigenvalue weighted by molar-refractivity contribution is 5.80. The second-order valence-electron chi connectivity index (χ2n) is 7.81. The number of aromatic nitrogens is 1. The largest absolute Gasteiger partial charge is 0.490 e. The summed E-state index contributed by atoms with van der Waals surface area (Å²) in [4.78, 5) is 8.95. The first-order valence-corrected chi connectivity index (χ1v) is 11.1. The van der Waals surface area contributed by atoms with Crippen molar-refractivity contribution in [3.05, 3.63) is 53.5 Å². The Morgan fingerprint density at radius 3 is 2.81 bits per heavy atom. The van der Waals surface area contributed by atoms with Crippen LogP contribution in [-0.4, -0.2) is 44.4 Å². The predicted molar refractivity (Wildman–Crippen MR) is 123 cm³/mol. The Balaban J connectivity index is 1.63. The number of pyridine rings is 1. The number of ether oxygens (including phenoxy) is 3. The minimum Gasteiger partial charge on any atom is -0.490 e. The molecule has 1 atom stereocenters. The van der Waals surface area contributed by atoms with E-state index in [-0.39, 0.29) is 11.9 Å². The van der Waals surface area contributed by atoms with Gasteiger partial charge in [-0.15, -0.1) is 0 Å². The maximum absolute atomic E-state index is 14.5. The molecule has 0 bridgehead atoms. The van der Waals surface area contributed by atoms with Gasteiger partial charge in [0.25, 0.3) is 0 Å². The van der Waals surface area contributed by atoms with E-state index in [1.165, 1.54) is 18.9 Å². The van der Waals surface area contributed by atoms with Crippen LogP contribution in [-0.2, 0) is 11.3 Å². The van der Waals surface area contributed by atoms with Crippen molar-refractivity contribution < 1.29 is 18.6 Å². The second-order valence-corrected chi connectivity index (χ2v) is 7.81. The maximum atomic E-state index is 14.5. The zero-order valence-corrected chi connectivity index (χ0v) is 19.1. The fourth-order valence-electron chi connectivity index (χ4n) is 3.06. The zero-order valence-electron chi connectivity index (χ0n) is 19.1. The second kappa shape index (κ2) is 12.2. The quantitative estimate of drug-likeness (QED) is 0.294. The molecule has 1 aromatic carbocycles. The molecule has 2 aromatic rings. The highest BCUT2D eigenvalue weighted by Gasteiger charge is 2.22. The van der Waals surface area contributed by atoms with Gasteiger partial charge in [0, 0.05) is 25.4 Å². The summed E-state index contributed by atoms with van der Waals surface area (Å²) >= 11 is 0. The number of hydrogen-bond donors (Lipinski definition) is 2. The van der Waals surface area contributed by atoms with E-state index < -0.39 is 0 Å². The lowest BCUT2D eigenvalue weighted by Gasteiger charge is -2.19. The van der Waals surface area contributed by atoms with Crippen molar-refractivity contribution in [1.82, 2.24) is 15.6 Å². The molecule has 0 amide bonds. The normalized spacial score (nSPS) is 14.7. The summed E-state index contributed by atoms with van der Waals surface area (Å²) in [5.74, 6) is 1.72. The van der Waals surface area contributed by atoms with Gasteiger partial charge >= 0.3 is 0 Å². The van der Waals surface area contributed by atoms with Crippen molar-refractivity contribution in [2.45, 2.75) is 39.3 Å². The van der Waals surface area contributed by atoms with Gasteiger partial charge in [-0.2, -0.15) is 0 Å². The van der Waals surface area contributed by atoms with Gasteiger partial charge < -0.3 is 24.8 Å². The average molecular weight is 445 g/mol. The highest BCUT2D eigenvalue weighted by atomic mass is 19.1. The van der Waals surface area contributed by atoms with Crippen molar-refractivity contribution in [1.29, 1.82) is 0 Å². The predicted octanol–water partition coefficient (Wildman–Crippen LogP) is 3.85. The summed E-state index contributed by atoms with van der Waals surface area (Å²) in [7, 11) is 1.63. The van der Waals surface area contributed by atoms with Crippen LogP contribution in [0.2, 0.25) is 0 Å². The van der Waals surface area contributed by atoms with Gasteiger partial charge in [0.15, 0.2) is 17.5 Å². The fourth-order valence-corrected chi connectivity index (χ4v) is 3.06. The first-order chi connectivity index (χ1) is 15.6. The first kappa shape index (κ1) is 23.8. The van der Waals surface area contributed by atoms with Gasteiger partial charge in [0.2, 0.25) is 5.88 Å². The summed E-state index contributed by atoms with van der Waals surface area (Å²) in [6, 6.07) is 8.75. The lowest BCUT2D eigenvalue weighted by molar-refractivity contribution is 0.143. The smallest absolute Gasteiger partial charge is 0.218 e. The highest BCUT2D eigenvalue weighted by Crippen LogP contribution is 2.30. The molecule has 174 valence electrons. The Bertz CT molecular complexity index is 889. The van der Waals surface area contributed by atoms with Crippen LogP contribution in [0.4, 0.5) is 4.39 Å². The summed E-state index contributed by atoms with van der Waals surface area (Å²) < 4.78 is 30.8. The minimum absolute atomic E-state index is 0.147. The molecule has 1 saturated carbocycles. The van der Waals surface area contributed by atoms with Crippen LogP contribution < -0.4 is 20.1 Å². The molecule has 7 nitrogen and oxygen atoms in total. The molecule has 32 heavy (non-hydrogen) atoms. The number of guanidine groups is 1. The number of benzene rings is 1. The number of nitrogens with zero attached hydrogens (tertiary/aromatic N) is 2. The summed E-state index contributed by atoms with van der Waals surface area (Å²) in [5, 5.41) is 6.56. The Hall–Kier alpha value is -2.87. The van der Waals surface area contributed by atoms with E-state index in [4.69, 9.17) is 14.2 Å². The molecule has 0 aliphatic heterocycles. The van der Waals surface area contributed by atoms with E-state index in [1.807, 2.05) is 32.0 Å². The molecule has 0 spiro atoms. The molecule has 1 unspecified atom stereocenters. The molecular formula is C24H33FN4O3. The lowest BCUT2D eigenvalue weighted by atomic mass is 10.1. The standard InChI is InChI=1S/C24H33FN4O3/c1-4-26-24(28-15-20-6-5-11-27-23(20)31-13-12-30-3)29-17(2)19-9-10-22(21(25)14-19)32-16-18-7-8-18/h5-6,9-11,14,17-18H,4,7-8,12-13,15-16H2,1-3H3,(H2,26,28,29). The molecular weight excluding hydrogens is 411 g/mol. The van der Waals surface area contributed by atoms with Crippen molar-refractivity contribution >= 4 is 5.96 Å². The van der Waals surface area contributed by atoms with Crippen LogP contribution in [0, 0.1) is 11.7 Å². The van der Waals surface area contributed by atoms with E-state index in [1.54, 1.807) is 19.4 Å². The minimum atomic E-state index is -0.341. The van der Waals surface area contributed by atoms with Gasteiger partial charge in [-0.05, 0) is 56.4 Å². The van der Waals surface area contributed by atoms with Crippen LogP contribution in [0.3, 0.4) is 0 Å². The van der Waals surface area contributed by atoms with Crippen LogP contribution in [0.15, 0.2) is 41.5 Å². The van der Waals surface area contributed by atoms with Gasteiger partial charge in [0.1, 0.15) is 6.61 Å². The molecule has 1 fully saturated rings. The topological polar surface area (TPSA) is 77.0 Å². The van der Waals surface area contributed by atoms with Crippen molar-refractivity contribution in [2.75, 3.05) is 33.5 Å². The third-order valence-corrected chi connectivity index (χ3v) is 5.11. The Kier molecular flexibility index (Phi) is 9.10. The van der Waals surface area contributed by atoms with Gasteiger partial charge in [-0.3, -0.25) is 0 Å². The number of hydrogen-bond acceptors (Lipinski definition) is 5. The number of halogens is 1. The molecule has 8 heteroatoms. The molecule has 0 radical (unpaired) electrons. The third-order valence-electron chi connectivity index (χ3n) is 5.11. The number of nitrogens with one attached hydrogen (secondary N) is 2. The number of rotatable bonds is 12. The first-order valence-electron chi connectivity index (χ1n) is 11.1.